The molecule has 3 rings (SSSR count). The van der Waals surface area contributed by atoms with Crippen molar-refractivity contribution in [1.29, 1.82) is 0 Å². The van der Waals surface area contributed by atoms with Crippen molar-refractivity contribution in [3.8, 4) is 5.69 Å². The number of nitrogens with zero attached hydrogens (tertiary/aromatic N) is 3. The highest BCUT2D eigenvalue weighted by Gasteiger charge is 2.25. The average Bonchev–Trinajstić information content (AvgIpc) is 2.96. The van der Waals surface area contributed by atoms with E-state index in [-0.39, 0.29) is 0 Å². The van der Waals surface area contributed by atoms with Crippen molar-refractivity contribution in [3.05, 3.63) is 76.4 Å². The van der Waals surface area contributed by atoms with Crippen LogP contribution in [0.3, 0.4) is 0 Å². The summed E-state index contributed by atoms with van der Waals surface area (Å²) in [5.74, 6) is -10.3. The Morgan fingerprint density at radius 2 is 1.44 bits per heavy atom. The molecule has 0 saturated carbocycles. The topological polar surface area (TPSA) is 42.2 Å². The molecule has 0 aliphatic heterocycles. The molecule has 3 aromatic rings. The molecule has 2 aromatic carbocycles. The first kappa shape index (κ1) is 18.6. The second-order valence-corrected chi connectivity index (χ2v) is 5.65. The van der Waals surface area contributed by atoms with E-state index in [1.807, 2.05) is 35.8 Å². The fourth-order valence-electron chi connectivity index (χ4n) is 2.53. The second kappa shape index (κ2) is 7.18. The summed E-state index contributed by atoms with van der Waals surface area (Å²) in [6.07, 6.45) is 1.20. The summed E-state index contributed by atoms with van der Waals surface area (Å²) in [4.78, 5) is 0. The molecule has 1 N–H and O–H groups in total. The molecule has 0 atom stereocenters. The fourth-order valence-corrected chi connectivity index (χ4v) is 2.53. The Morgan fingerprint density at radius 1 is 0.889 bits per heavy atom. The van der Waals surface area contributed by atoms with Gasteiger partial charge in [0.05, 0.1) is 23.3 Å². The molecule has 0 aliphatic rings. The van der Waals surface area contributed by atoms with Crippen molar-refractivity contribution < 1.29 is 22.0 Å². The van der Waals surface area contributed by atoms with E-state index < -0.39 is 34.8 Å². The van der Waals surface area contributed by atoms with Gasteiger partial charge in [-0.15, -0.1) is 0 Å². The standard InChI is InChI=1S/C18H13F5N4/c1-9-12(10(2)27(26-9)11-6-4-3-5-7-11)8-24-25-18-16(22)14(20)13(19)15(21)17(18)23/h3-8,25H,1-2H3/b24-8+. The minimum Gasteiger partial charge on any atom is -0.272 e. The SMILES string of the molecule is Cc1nn(-c2ccccc2)c(C)c1/C=N/Nc1c(F)c(F)c(F)c(F)c1F. The molecule has 0 radical (unpaired) electrons. The Labute approximate surface area is 150 Å². The third-order valence-electron chi connectivity index (χ3n) is 3.93. The van der Waals surface area contributed by atoms with E-state index in [4.69, 9.17) is 0 Å². The van der Waals surface area contributed by atoms with Crippen LogP contribution in [-0.2, 0) is 0 Å². The number of aryl methyl sites for hydroxylation is 1. The molecule has 0 amide bonds. The highest BCUT2D eigenvalue weighted by molar-refractivity contribution is 5.83. The molecule has 0 saturated heterocycles. The van der Waals surface area contributed by atoms with Crippen LogP contribution in [0.4, 0.5) is 27.6 Å². The molecule has 0 fully saturated rings. The van der Waals surface area contributed by atoms with Crippen LogP contribution in [0.2, 0.25) is 0 Å². The van der Waals surface area contributed by atoms with E-state index in [1.54, 1.807) is 18.5 Å². The molecule has 0 spiro atoms. The first-order chi connectivity index (χ1) is 12.8. The molecule has 140 valence electrons. The number of rotatable bonds is 4. The van der Waals surface area contributed by atoms with Crippen molar-refractivity contribution in [1.82, 2.24) is 9.78 Å². The lowest BCUT2D eigenvalue weighted by Gasteiger charge is -2.07. The van der Waals surface area contributed by atoms with Gasteiger partial charge < -0.3 is 0 Å². The summed E-state index contributed by atoms with van der Waals surface area (Å²) in [5.41, 5.74) is 3.23. The molecule has 1 heterocycles. The molecule has 0 unspecified atom stereocenters. The largest absolute Gasteiger partial charge is 0.272 e. The monoisotopic (exact) mass is 380 g/mol. The smallest absolute Gasteiger partial charge is 0.200 e. The predicted octanol–water partition coefficient (Wildman–Crippen LogP) is 4.63. The highest BCUT2D eigenvalue weighted by Crippen LogP contribution is 2.27. The minimum atomic E-state index is -2.23. The number of hydrogen-bond donors (Lipinski definition) is 1. The van der Waals surface area contributed by atoms with Crippen LogP contribution in [0.5, 0.6) is 0 Å². The quantitative estimate of drug-likeness (QED) is 0.236. The number of para-hydroxylation sites is 1. The first-order valence-electron chi connectivity index (χ1n) is 7.75. The van der Waals surface area contributed by atoms with Crippen molar-refractivity contribution in [2.45, 2.75) is 13.8 Å². The Kier molecular flexibility index (Phi) is 4.93. The summed E-state index contributed by atoms with van der Waals surface area (Å²) < 4.78 is 68.4. The third-order valence-corrected chi connectivity index (χ3v) is 3.93. The number of aromatic nitrogens is 2. The molecule has 27 heavy (non-hydrogen) atoms. The van der Waals surface area contributed by atoms with Crippen molar-refractivity contribution >= 4 is 11.9 Å². The lowest BCUT2D eigenvalue weighted by atomic mass is 10.2. The number of anilines is 1. The van der Waals surface area contributed by atoms with Gasteiger partial charge in [0.1, 0.15) is 5.69 Å². The van der Waals surface area contributed by atoms with Crippen LogP contribution in [-0.4, -0.2) is 16.0 Å². The van der Waals surface area contributed by atoms with E-state index in [0.29, 0.717) is 17.0 Å². The van der Waals surface area contributed by atoms with Crippen molar-refractivity contribution in [3.63, 3.8) is 0 Å². The number of hydrazone groups is 1. The second-order valence-electron chi connectivity index (χ2n) is 5.65. The molecular weight excluding hydrogens is 367 g/mol. The normalized spacial score (nSPS) is 11.4. The maximum absolute atomic E-state index is 13.6. The van der Waals surface area contributed by atoms with Gasteiger partial charge in [0, 0.05) is 5.56 Å². The van der Waals surface area contributed by atoms with Crippen molar-refractivity contribution in [2.75, 3.05) is 5.43 Å². The maximum atomic E-state index is 13.6. The number of halogens is 5. The van der Waals surface area contributed by atoms with Gasteiger partial charge in [-0.3, -0.25) is 5.43 Å². The number of hydrogen-bond acceptors (Lipinski definition) is 3. The summed E-state index contributed by atoms with van der Waals surface area (Å²) in [7, 11) is 0. The van der Waals surface area contributed by atoms with Gasteiger partial charge in [0.15, 0.2) is 23.3 Å². The van der Waals surface area contributed by atoms with Gasteiger partial charge in [-0.2, -0.15) is 10.2 Å². The van der Waals surface area contributed by atoms with E-state index >= 15 is 0 Å². The molecular formula is C18H13F5N4. The van der Waals surface area contributed by atoms with Gasteiger partial charge in [-0.25, -0.2) is 26.6 Å². The predicted molar refractivity (Wildman–Crippen MR) is 90.5 cm³/mol. The van der Waals surface area contributed by atoms with Gasteiger partial charge in [0.25, 0.3) is 0 Å². The van der Waals surface area contributed by atoms with Crippen LogP contribution >= 0.6 is 0 Å². The summed E-state index contributed by atoms with van der Waals surface area (Å²) in [6.45, 7) is 3.46. The lowest BCUT2D eigenvalue weighted by Crippen LogP contribution is -2.06. The number of nitrogens with one attached hydrogen (secondary N) is 1. The Hall–Kier alpha value is -3.23. The average molecular weight is 380 g/mol. The maximum Gasteiger partial charge on any atom is 0.200 e. The zero-order valence-electron chi connectivity index (χ0n) is 14.2. The Morgan fingerprint density at radius 3 is 2.04 bits per heavy atom. The van der Waals surface area contributed by atoms with E-state index in [0.717, 1.165) is 5.69 Å². The highest BCUT2D eigenvalue weighted by atomic mass is 19.2. The molecule has 9 heteroatoms. The fraction of sp³-hybridized carbons (Fsp3) is 0.111. The van der Waals surface area contributed by atoms with Gasteiger partial charge in [-0.05, 0) is 26.0 Å². The first-order valence-corrected chi connectivity index (χ1v) is 7.75. The summed E-state index contributed by atoms with van der Waals surface area (Å²) in [5, 5.41) is 7.97. The minimum absolute atomic E-state index is 0.537. The number of benzene rings is 2. The zero-order valence-corrected chi connectivity index (χ0v) is 14.2. The zero-order chi connectivity index (χ0) is 19.7. The van der Waals surface area contributed by atoms with Gasteiger partial charge >= 0.3 is 0 Å². The van der Waals surface area contributed by atoms with Crippen LogP contribution in [0.25, 0.3) is 5.69 Å². The van der Waals surface area contributed by atoms with Crippen LogP contribution < -0.4 is 5.43 Å². The third kappa shape index (κ3) is 3.27. The summed E-state index contributed by atoms with van der Waals surface area (Å²) >= 11 is 0. The molecule has 0 aliphatic carbocycles. The Bertz CT molecular complexity index is 999. The Balaban J connectivity index is 1.92. The van der Waals surface area contributed by atoms with Crippen LogP contribution in [0, 0.1) is 42.9 Å². The molecule has 4 nitrogen and oxygen atoms in total. The summed E-state index contributed by atoms with van der Waals surface area (Å²) in [6, 6.07) is 9.21. The van der Waals surface area contributed by atoms with Gasteiger partial charge in [-0.1, -0.05) is 18.2 Å². The molecule has 1 aromatic heterocycles. The van der Waals surface area contributed by atoms with Crippen molar-refractivity contribution in [2.24, 2.45) is 5.10 Å². The van der Waals surface area contributed by atoms with E-state index in [1.165, 1.54) is 6.21 Å². The van der Waals surface area contributed by atoms with Crippen LogP contribution in [0.1, 0.15) is 17.0 Å². The van der Waals surface area contributed by atoms with E-state index in [2.05, 4.69) is 10.2 Å². The van der Waals surface area contributed by atoms with Crippen LogP contribution in [0.15, 0.2) is 35.4 Å². The van der Waals surface area contributed by atoms with Gasteiger partial charge in [0.2, 0.25) is 5.82 Å². The van der Waals surface area contributed by atoms with E-state index in [9.17, 15) is 22.0 Å². The molecule has 0 bridgehead atoms. The lowest BCUT2D eigenvalue weighted by molar-refractivity contribution is 0.381.